The predicted octanol–water partition coefficient (Wildman–Crippen LogP) is 2.43. The highest BCUT2D eigenvalue weighted by Crippen LogP contribution is 2.47. The first-order valence-corrected chi connectivity index (χ1v) is 9.19. The van der Waals surface area contributed by atoms with Crippen molar-refractivity contribution in [2.24, 2.45) is 5.92 Å². The van der Waals surface area contributed by atoms with Crippen molar-refractivity contribution in [2.75, 3.05) is 18.8 Å². The van der Waals surface area contributed by atoms with Crippen LogP contribution in [0.5, 0.6) is 0 Å². The van der Waals surface area contributed by atoms with Crippen molar-refractivity contribution >= 4 is 17.7 Å². The van der Waals surface area contributed by atoms with Gasteiger partial charge >= 0.3 is 0 Å². The molecule has 1 spiro atoms. The molecule has 3 fully saturated rings. The van der Waals surface area contributed by atoms with Crippen molar-refractivity contribution in [3.05, 3.63) is 30.1 Å². The molecular formula is C17H21FN2O2S. The second kappa shape index (κ2) is 6.06. The molecule has 23 heavy (non-hydrogen) atoms. The molecule has 0 radical (unpaired) electrons. The standard InChI is InChI=1S/C17H21FN2O2S/c18-14-5-13(6-14)16(21)20-10-17(11-20)7-15(9-23-17)22-8-12-1-3-19-4-2-12/h1-4,13-15H,5-11H2/t13?,14?,15-/m1/s1. The monoisotopic (exact) mass is 336 g/mol. The van der Waals surface area contributed by atoms with Crippen molar-refractivity contribution < 1.29 is 13.9 Å². The maximum absolute atomic E-state index is 12.9. The number of hydrogen-bond acceptors (Lipinski definition) is 4. The van der Waals surface area contributed by atoms with E-state index >= 15 is 0 Å². The summed E-state index contributed by atoms with van der Waals surface area (Å²) in [7, 11) is 0. The molecular weight excluding hydrogens is 315 g/mol. The highest BCUT2D eigenvalue weighted by atomic mass is 32.2. The van der Waals surface area contributed by atoms with E-state index in [-0.39, 0.29) is 22.7 Å². The molecule has 2 saturated heterocycles. The summed E-state index contributed by atoms with van der Waals surface area (Å²) in [6.45, 7) is 2.23. The Bertz CT molecular complexity index is 573. The van der Waals surface area contributed by atoms with Gasteiger partial charge in [-0.25, -0.2) is 4.39 Å². The van der Waals surface area contributed by atoms with E-state index in [1.54, 1.807) is 12.4 Å². The summed E-state index contributed by atoms with van der Waals surface area (Å²) in [5.41, 5.74) is 1.14. The maximum Gasteiger partial charge on any atom is 0.225 e. The van der Waals surface area contributed by atoms with Crippen LogP contribution in [0.1, 0.15) is 24.8 Å². The Morgan fingerprint density at radius 1 is 1.39 bits per heavy atom. The number of pyridine rings is 1. The molecule has 124 valence electrons. The second-order valence-electron chi connectivity index (χ2n) is 6.95. The first kappa shape index (κ1) is 15.4. The van der Waals surface area contributed by atoms with E-state index in [1.807, 2.05) is 28.8 Å². The van der Waals surface area contributed by atoms with Gasteiger partial charge in [0.2, 0.25) is 5.91 Å². The van der Waals surface area contributed by atoms with Crippen molar-refractivity contribution in [3.8, 4) is 0 Å². The van der Waals surface area contributed by atoms with Crippen LogP contribution in [0.2, 0.25) is 0 Å². The average molecular weight is 336 g/mol. The minimum Gasteiger partial charge on any atom is -0.373 e. The Morgan fingerprint density at radius 3 is 2.83 bits per heavy atom. The highest BCUT2D eigenvalue weighted by molar-refractivity contribution is 8.01. The fourth-order valence-electron chi connectivity index (χ4n) is 3.64. The summed E-state index contributed by atoms with van der Waals surface area (Å²) in [6, 6.07) is 3.94. The van der Waals surface area contributed by atoms with E-state index in [0.29, 0.717) is 19.4 Å². The number of amides is 1. The van der Waals surface area contributed by atoms with Crippen molar-refractivity contribution in [2.45, 2.75) is 42.9 Å². The normalized spacial score (nSPS) is 31.7. The van der Waals surface area contributed by atoms with Gasteiger partial charge in [-0.3, -0.25) is 9.78 Å². The number of nitrogens with zero attached hydrogens (tertiary/aromatic N) is 2. The third-order valence-electron chi connectivity index (χ3n) is 5.11. The number of aromatic nitrogens is 1. The van der Waals surface area contributed by atoms with Crippen LogP contribution in [0.15, 0.2) is 24.5 Å². The molecule has 3 heterocycles. The molecule has 4 nitrogen and oxygen atoms in total. The Kier molecular flexibility index (Phi) is 4.05. The number of ether oxygens (including phenoxy) is 1. The second-order valence-corrected chi connectivity index (χ2v) is 8.43. The Hall–Kier alpha value is -1.14. The topological polar surface area (TPSA) is 42.4 Å². The summed E-state index contributed by atoms with van der Waals surface area (Å²) in [5, 5.41) is 0. The van der Waals surface area contributed by atoms with Gasteiger partial charge in [-0.05, 0) is 37.0 Å². The highest BCUT2D eigenvalue weighted by Gasteiger charge is 2.52. The van der Waals surface area contributed by atoms with Crippen LogP contribution in [-0.2, 0) is 16.1 Å². The molecule has 0 N–H and O–H groups in total. The van der Waals surface area contributed by atoms with Gasteiger partial charge in [0.1, 0.15) is 6.17 Å². The molecule has 1 amide bonds. The first-order valence-electron chi connectivity index (χ1n) is 8.21. The predicted molar refractivity (Wildman–Crippen MR) is 86.8 cm³/mol. The summed E-state index contributed by atoms with van der Waals surface area (Å²) in [4.78, 5) is 18.1. The van der Waals surface area contributed by atoms with Crippen molar-refractivity contribution in [1.82, 2.24) is 9.88 Å². The number of alkyl halides is 1. The molecule has 1 atom stereocenters. The Balaban J connectivity index is 1.23. The van der Waals surface area contributed by atoms with E-state index in [0.717, 1.165) is 30.8 Å². The van der Waals surface area contributed by atoms with Crippen LogP contribution in [0.25, 0.3) is 0 Å². The van der Waals surface area contributed by atoms with Gasteiger partial charge in [0, 0.05) is 37.2 Å². The van der Waals surface area contributed by atoms with E-state index in [9.17, 15) is 9.18 Å². The quantitative estimate of drug-likeness (QED) is 0.847. The van der Waals surface area contributed by atoms with Crippen LogP contribution < -0.4 is 0 Å². The minimum absolute atomic E-state index is 0.0625. The zero-order valence-corrected chi connectivity index (χ0v) is 13.8. The van der Waals surface area contributed by atoms with E-state index in [4.69, 9.17) is 4.74 Å². The molecule has 1 aromatic heterocycles. The smallest absolute Gasteiger partial charge is 0.225 e. The van der Waals surface area contributed by atoms with Gasteiger partial charge in [-0.2, -0.15) is 0 Å². The summed E-state index contributed by atoms with van der Waals surface area (Å²) >= 11 is 1.93. The maximum atomic E-state index is 12.9. The number of thioether (sulfide) groups is 1. The number of carbonyl (C=O) groups is 1. The fourth-order valence-corrected chi connectivity index (χ4v) is 5.19. The van der Waals surface area contributed by atoms with E-state index in [1.165, 1.54) is 0 Å². The molecule has 0 bridgehead atoms. The molecule has 6 heteroatoms. The van der Waals surface area contributed by atoms with E-state index in [2.05, 4.69) is 4.98 Å². The average Bonchev–Trinajstić information content (AvgIpc) is 2.93. The van der Waals surface area contributed by atoms with Gasteiger partial charge in [0.25, 0.3) is 0 Å². The SMILES string of the molecule is O=C(C1CC(F)C1)N1CC2(C[C@@H](OCc3ccncc3)CS2)C1. The molecule has 1 aromatic rings. The molecule has 0 aromatic carbocycles. The number of rotatable bonds is 4. The summed E-state index contributed by atoms with van der Waals surface area (Å²) in [5.74, 6) is 1.09. The lowest BCUT2D eigenvalue weighted by Gasteiger charge is -2.49. The van der Waals surface area contributed by atoms with Crippen LogP contribution >= 0.6 is 11.8 Å². The van der Waals surface area contributed by atoms with Gasteiger partial charge in [0.05, 0.1) is 17.5 Å². The number of carbonyl (C=O) groups excluding carboxylic acids is 1. The largest absolute Gasteiger partial charge is 0.373 e. The fraction of sp³-hybridized carbons (Fsp3) is 0.647. The van der Waals surface area contributed by atoms with Crippen molar-refractivity contribution in [3.63, 3.8) is 0 Å². The lowest BCUT2D eigenvalue weighted by molar-refractivity contribution is -0.146. The van der Waals surface area contributed by atoms with Gasteiger partial charge < -0.3 is 9.64 Å². The zero-order valence-electron chi connectivity index (χ0n) is 13.0. The molecule has 4 rings (SSSR count). The number of hydrogen-bond donors (Lipinski definition) is 0. The van der Waals surface area contributed by atoms with Crippen LogP contribution in [0.4, 0.5) is 4.39 Å². The van der Waals surface area contributed by atoms with Crippen LogP contribution in [0.3, 0.4) is 0 Å². The number of likely N-dealkylation sites (tertiary alicyclic amines) is 1. The van der Waals surface area contributed by atoms with Crippen LogP contribution in [-0.4, -0.2) is 51.7 Å². The van der Waals surface area contributed by atoms with Gasteiger partial charge in [-0.1, -0.05) is 0 Å². The van der Waals surface area contributed by atoms with E-state index < -0.39 is 6.17 Å². The summed E-state index contributed by atoms with van der Waals surface area (Å²) in [6.07, 6.45) is 4.90. The lowest BCUT2D eigenvalue weighted by atomic mass is 9.80. The Morgan fingerprint density at radius 2 is 2.13 bits per heavy atom. The third-order valence-corrected chi connectivity index (χ3v) is 6.69. The Labute approximate surface area is 139 Å². The van der Waals surface area contributed by atoms with Gasteiger partial charge in [-0.15, -0.1) is 11.8 Å². The van der Waals surface area contributed by atoms with Crippen LogP contribution in [0, 0.1) is 5.92 Å². The number of halogens is 1. The molecule has 1 saturated carbocycles. The summed E-state index contributed by atoms with van der Waals surface area (Å²) < 4.78 is 19.1. The molecule has 1 aliphatic carbocycles. The first-order chi connectivity index (χ1) is 11.1. The minimum atomic E-state index is -0.758. The third kappa shape index (κ3) is 3.11. The zero-order chi connectivity index (χ0) is 15.9. The molecule has 3 aliphatic rings. The lowest BCUT2D eigenvalue weighted by Crippen LogP contribution is -2.62. The molecule has 0 unspecified atom stereocenters. The van der Waals surface area contributed by atoms with Crippen molar-refractivity contribution in [1.29, 1.82) is 0 Å². The van der Waals surface area contributed by atoms with Gasteiger partial charge in [0.15, 0.2) is 0 Å². The molecule has 2 aliphatic heterocycles.